The van der Waals surface area contributed by atoms with E-state index in [1.54, 1.807) is 37.4 Å². The number of nitrogens with zero attached hydrogens (tertiary/aromatic N) is 5. The molecule has 15 heteroatoms. The molecule has 1 unspecified atom stereocenters. The summed E-state index contributed by atoms with van der Waals surface area (Å²) < 4.78 is 8.13. The average Bonchev–Trinajstić information content (AvgIpc) is 3.90. The summed E-state index contributed by atoms with van der Waals surface area (Å²) in [5.74, 6) is -2.27. The minimum atomic E-state index is -1.13. The van der Waals surface area contributed by atoms with Crippen LogP contribution < -0.4 is 16.1 Å². The van der Waals surface area contributed by atoms with Crippen molar-refractivity contribution in [2.75, 3.05) is 40.3 Å². The molecule has 2 saturated heterocycles. The van der Waals surface area contributed by atoms with Crippen LogP contribution in [0.15, 0.2) is 54.7 Å². The van der Waals surface area contributed by atoms with Crippen molar-refractivity contribution in [1.29, 1.82) is 0 Å². The van der Waals surface area contributed by atoms with Crippen LogP contribution >= 0.6 is 0 Å². The first-order valence-corrected chi connectivity index (χ1v) is 23.1. The van der Waals surface area contributed by atoms with Crippen molar-refractivity contribution in [3.63, 3.8) is 0 Å². The van der Waals surface area contributed by atoms with Gasteiger partial charge in [0.15, 0.2) is 0 Å². The minimum Gasteiger partial charge on any atom is -0.508 e. The van der Waals surface area contributed by atoms with Crippen LogP contribution in [0.2, 0.25) is 0 Å². The number of aromatic nitrogens is 2. The number of methoxy groups -OCH3 is 1. The van der Waals surface area contributed by atoms with Crippen LogP contribution in [0.3, 0.4) is 0 Å². The summed E-state index contributed by atoms with van der Waals surface area (Å²) in [7, 11) is 3.28. The van der Waals surface area contributed by atoms with Crippen LogP contribution in [-0.2, 0) is 48.1 Å². The van der Waals surface area contributed by atoms with E-state index in [0.717, 1.165) is 44.5 Å². The summed E-state index contributed by atoms with van der Waals surface area (Å²) in [6.07, 6.45) is 3.69. The highest BCUT2D eigenvalue weighted by Crippen LogP contribution is 2.42. The highest BCUT2D eigenvalue weighted by Gasteiger charge is 2.40. The number of likely N-dealkylation sites (N-methyl/N-ethyl adjacent to an activating group) is 1. The molecule has 0 saturated carbocycles. The lowest BCUT2D eigenvalue weighted by molar-refractivity contribution is -0.146. The molecule has 348 valence electrons. The Morgan fingerprint density at radius 3 is 2.51 bits per heavy atom. The second-order valence-corrected chi connectivity index (χ2v) is 19.2. The van der Waals surface area contributed by atoms with E-state index in [1.165, 1.54) is 16.8 Å². The molecule has 4 aromatic rings. The summed E-state index contributed by atoms with van der Waals surface area (Å²) in [5, 5.41) is 20.0. The van der Waals surface area contributed by atoms with Gasteiger partial charge in [-0.2, -0.15) is 0 Å². The van der Waals surface area contributed by atoms with Gasteiger partial charge in [-0.3, -0.25) is 34.0 Å². The van der Waals surface area contributed by atoms with Crippen LogP contribution in [0, 0.1) is 17.3 Å². The summed E-state index contributed by atoms with van der Waals surface area (Å²) in [6.45, 7) is 15.7. The fourth-order valence-electron chi connectivity index (χ4n) is 10.0. The average molecular weight is 891 g/mol. The topological polar surface area (TPSA) is 178 Å². The Morgan fingerprint density at radius 1 is 1.05 bits per heavy atom. The van der Waals surface area contributed by atoms with E-state index < -0.39 is 41.3 Å². The first kappa shape index (κ1) is 47.2. The normalized spacial score (nSPS) is 21.2. The SMILES string of the molecule is CCn1c(-c2cccnc2[C@H](C)OC)c2c3cc(ccc31)-c1cc(O)cc(c1)C[C@H](NC(=O)C(C(C)C)N(C)C(=O)[C@H]1CCN(C(C)=O)C1)C(=O)N1CCC[C@H](N1)C(=O)NCC(C)(C)C2. The molecule has 2 fully saturated rings. The number of carbonyl (C=O) groups excluding carboxylic acids is 5. The first-order chi connectivity index (χ1) is 30.9. The zero-order chi connectivity index (χ0) is 46.9. The highest BCUT2D eigenvalue weighted by molar-refractivity contribution is 5.96. The molecule has 2 aromatic carbocycles. The van der Waals surface area contributed by atoms with Crippen molar-refractivity contribution in [3.05, 3.63) is 71.5 Å². The molecule has 0 aliphatic carbocycles. The van der Waals surface area contributed by atoms with Crippen molar-refractivity contribution < 1.29 is 33.8 Å². The van der Waals surface area contributed by atoms with Gasteiger partial charge in [0.05, 0.1) is 23.4 Å². The van der Waals surface area contributed by atoms with Crippen molar-refractivity contribution >= 4 is 40.4 Å². The number of hydrogen-bond donors (Lipinski definition) is 4. The number of fused-ring (bicyclic) bond motifs is 6. The van der Waals surface area contributed by atoms with Crippen LogP contribution in [0.4, 0.5) is 0 Å². The molecule has 65 heavy (non-hydrogen) atoms. The van der Waals surface area contributed by atoms with Gasteiger partial charge < -0.3 is 34.8 Å². The summed E-state index contributed by atoms with van der Waals surface area (Å²) >= 11 is 0. The number of likely N-dealkylation sites (tertiary alicyclic amines) is 1. The third kappa shape index (κ3) is 9.91. The summed E-state index contributed by atoms with van der Waals surface area (Å²) in [4.78, 5) is 77.0. The van der Waals surface area contributed by atoms with E-state index in [1.807, 2.05) is 39.0 Å². The molecule has 0 radical (unpaired) electrons. The molecule has 3 aliphatic heterocycles. The van der Waals surface area contributed by atoms with Gasteiger partial charge in [0.25, 0.3) is 5.91 Å². The number of hydrazine groups is 1. The van der Waals surface area contributed by atoms with Crippen LogP contribution in [0.25, 0.3) is 33.3 Å². The Labute approximate surface area is 382 Å². The monoisotopic (exact) mass is 891 g/mol. The van der Waals surface area contributed by atoms with Crippen molar-refractivity contribution in [2.24, 2.45) is 17.3 Å². The van der Waals surface area contributed by atoms with E-state index in [9.17, 15) is 29.1 Å². The lowest BCUT2D eigenvalue weighted by Gasteiger charge is -2.37. The number of aryl methyl sites for hydroxylation is 1. The molecular formula is C50H66N8O7. The maximum absolute atomic E-state index is 14.7. The van der Waals surface area contributed by atoms with E-state index in [4.69, 9.17) is 9.72 Å². The molecule has 15 nitrogen and oxygen atoms in total. The smallest absolute Gasteiger partial charge is 0.259 e. The number of hydrogen-bond acceptors (Lipinski definition) is 9. The Kier molecular flexibility index (Phi) is 14.0. The molecule has 5 atom stereocenters. The predicted octanol–water partition coefficient (Wildman–Crippen LogP) is 5.38. The number of carbonyl (C=O) groups is 5. The summed E-state index contributed by atoms with van der Waals surface area (Å²) in [6, 6.07) is 12.8. The maximum atomic E-state index is 14.7. The Hall–Kier alpha value is -5.80. The van der Waals surface area contributed by atoms with E-state index >= 15 is 0 Å². The molecular weight excluding hydrogens is 825 g/mol. The van der Waals surface area contributed by atoms with Gasteiger partial charge in [-0.05, 0) is 110 Å². The van der Waals surface area contributed by atoms with Gasteiger partial charge in [0.1, 0.15) is 23.9 Å². The van der Waals surface area contributed by atoms with E-state index in [0.29, 0.717) is 57.4 Å². The molecule has 0 spiro atoms. The number of ether oxygens (including phenoxy) is 1. The molecule has 5 amide bonds. The molecule has 2 aromatic heterocycles. The molecule has 3 aliphatic rings. The number of benzene rings is 2. The first-order valence-electron chi connectivity index (χ1n) is 23.1. The molecule has 4 N–H and O–H groups in total. The summed E-state index contributed by atoms with van der Waals surface area (Å²) in [5.41, 5.74) is 9.90. The van der Waals surface area contributed by atoms with E-state index in [-0.39, 0.29) is 48.5 Å². The van der Waals surface area contributed by atoms with Crippen LogP contribution in [0.1, 0.15) is 90.7 Å². The van der Waals surface area contributed by atoms with Crippen molar-refractivity contribution in [3.8, 4) is 28.1 Å². The van der Waals surface area contributed by atoms with Crippen LogP contribution in [0.5, 0.6) is 5.75 Å². The third-order valence-electron chi connectivity index (χ3n) is 13.5. The fourth-order valence-corrected chi connectivity index (χ4v) is 10.0. The van der Waals surface area contributed by atoms with Gasteiger partial charge in [-0.15, -0.1) is 0 Å². The van der Waals surface area contributed by atoms with Gasteiger partial charge in [-0.25, -0.2) is 5.43 Å². The number of aromatic hydroxyl groups is 1. The number of amides is 5. The zero-order valence-electron chi connectivity index (χ0n) is 39.4. The van der Waals surface area contributed by atoms with E-state index in [2.05, 4.69) is 59.6 Å². The fraction of sp³-hybridized carbons (Fsp3) is 0.520. The molecule has 7 rings (SSSR count). The molecule has 5 heterocycles. The van der Waals surface area contributed by atoms with Crippen molar-refractivity contribution in [2.45, 2.75) is 111 Å². The number of pyridine rings is 1. The largest absolute Gasteiger partial charge is 0.508 e. The number of rotatable bonds is 9. The van der Waals surface area contributed by atoms with Crippen LogP contribution in [-0.4, -0.2) is 117 Å². The quantitative estimate of drug-likeness (QED) is 0.172. The standard InChI is InChI=1S/C50H66N8O7/c1-10-57-42-16-15-33-25-38(42)39(45(57)37-13-11-18-51-43(37)30(4)65-9)26-50(6,7)28-52-46(61)40-14-12-19-58(54-40)49(64)41(23-32-21-35(33)24-36(60)22-32)53-47(62)44(29(2)3)55(8)48(63)34-17-20-56(27-34)31(5)59/h11,13,15-16,18,21-22,24-25,29-30,34,40-41,44,54,60H,10,12,14,17,19-20,23,26-28H2,1-9H3,(H,52,61)(H,53,62)/t30-,34-,40-,41-,44?/m0/s1. The minimum absolute atomic E-state index is 0.000596. The highest BCUT2D eigenvalue weighted by atomic mass is 16.5. The number of nitrogens with one attached hydrogen (secondary N) is 3. The second kappa shape index (κ2) is 19.4. The molecule has 6 bridgehead atoms. The number of phenolic OH excluding ortho intramolecular Hbond substituents is 1. The lowest BCUT2D eigenvalue weighted by Crippen LogP contribution is -2.63. The Balaban J connectivity index is 1.32. The van der Waals surface area contributed by atoms with Crippen molar-refractivity contribution in [1.82, 2.24) is 40.4 Å². The van der Waals surface area contributed by atoms with Gasteiger partial charge in [0.2, 0.25) is 23.6 Å². The number of phenols is 1. The zero-order valence-corrected chi connectivity index (χ0v) is 39.4. The third-order valence-corrected chi connectivity index (χ3v) is 13.5. The van der Waals surface area contributed by atoms with Gasteiger partial charge in [0, 0.05) is 82.9 Å². The second-order valence-electron chi connectivity index (χ2n) is 19.2. The van der Waals surface area contributed by atoms with Gasteiger partial charge >= 0.3 is 0 Å². The lowest BCUT2D eigenvalue weighted by atomic mass is 9.83. The Bertz CT molecular complexity index is 2460. The Morgan fingerprint density at radius 2 is 1.82 bits per heavy atom. The van der Waals surface area contributed by atoms with Gasteiger partial charge in [-0.1, -0.05) is 39.8 Å². The predicted molar refractivity (Wildman–Crippen MR) is 249 cm³/mol. The maximum Gasteiger partial charge on any atom is 0.259 e.